The second kappa shape index (κ2) is 6.43. The Morgan fingerprint density at radius 3 is 2.43 bits per heavy atom. The number of hydrogen-bond donors (Lipinski definition) is 2. The van der Waals surface area contributed by atoms with E-state index in [1.54, 1.807) is 27.7 Å². The van der Waals surface area contributed by atoms with Crippen LogP contribution in [0.5, 0.6) is 0 Å². The summed E-state index contributed by atoms with van der Waals surface area (Å²) in [4.78, 5) is 36.3. The number of imide groups is 1. The van der Waals surface area contributed by atoms with Gasteiger partial charge in [-0.2, -0.15) is 0 Å². The summed E-state index contributed by atoms with van der Waals surface area (Å²) < 4.78 is 5.11. The smallest absolute Gasteiger partial charge is 0.417 e. The number of likely N-dealkylation sites (tertiary alicyclic amines) is 1. The largest absolute Gasteiger partial charge is 0.480 e. The average Bonchev–Trinajstić information content (AvgIpc) is 2.64. The summed E-state index contributed by atoms with van der Waals surface area (Å²) in [6, 6.07) is -1.21. The third kappa shape index (κ3) is 4.42. The number of rotatable bonds is 4. The number of aliphatic hydroxyl groups is 1. The minimum atomic E-state index is -1.23. The van der Waals surface area contributed by atoms with Gasteiger partial charge >= 0.3 is 12.1 Å². The fourth-order valence-electron chi connectivity index (χ4n) is 2.32. The molecule has 0 bridgehead atoms. The Kier molecular flexibility index (Phi) is 5.33. The van der Waals surface area contributed by atoms with Crippen LogP contribution >= 0.6 is 0 Å². The van der Waals surface area contributed by atoms with Crippen molar-refractivity contribution in [2.45, 2.75) is 52.2 Å². The molecule has 3 atom stereocenters. The van der Waals surface area contributed by atoms with Gasteiger partial charge in [-0.05, 0) is 39.5 Å². The minimum Gasteiger partial charge on any atom is -0.480 e. The first-order valence-corrected chi connectivity index (χ1v) is 6.96. The predicted octanol–water partition coefficient (Wildman–Crippen LogP) is 1.24. The van der Waals surface area contributed by atoms with Crippen molar-refractivity contribution in [3.63, 3.8) is 0 Å². The number of carbonyl (C=O) groups is 3. The lowest BCUT2D eigenvalue weighted by Gasteiger charge is -2.25. The van der Waals surface area contributed by atoms with E-state index in [4.69, 9.17) is 9.84 Å². The van der Waals surface area contributed by atoms with E-state index in [1.165, 1.54) is 0 Å². The number of amides is 2. The van der Waals surface area contributed by atoms with Crippen LogP contribution in [0.4, 0.5) is 4.79 Å². The van der Waals surface area contributed by atoms with Crippen LogP contribution < -0.4 is 0 Å². The molecule has 1 saturated heterocycles. The maximum atomic E-state index is 12.3. The maximum absolute atomic E-state index is 12.3. The molecule has 2 amide bonds. The van der Waals surface area contributed by atoms with Gasteiger partial charge in [0, 0.05) is 12.5 Å². The van der Waals surface area contributed by atoms with E-state index in [1.807, 2.05) is 0 Å². The summed E-state index contributed by atoms with van der Waals surface area (Å²) in [5.41, 5.74) is -0.809. The highest BCUT2D eigenvalue weighted by molar-refractivity contribution is 6.00. The lowest BCUT2D eigenvalue weighted by molar-refractivity contribution is -0.146. The van der Waals surface area contributed by atoms with Crippen molar-refractivity contribution < 1.29 is 29.3 Å². The first-order valence-electron chi connectivity index (χ1n) is 6.96. The molecule has 0 radical (unpaired) electrons. The first kappa shape index (κ1) is 17.4. The predicted molar refractivity (Wildman–Crippen MR) is 73.5 cm³/mol. The highest BCUT2D eigenvalue weighted by Gasteiger charge is 2.48. The monoisotopic (exact) mass is 301 g/mol. The van der Waals surface area contributed by atoms with Gasteiger partial charge < -0.3 is 14.9 Å². The van der Waals surface area contributed by atoms with Crippen LogP contribution in [0.25, 0.3) is 0 Å². The molecule has 1 fully saturated rings. The molecule has 0 spiro atoms. The highest BCUT2D eigenvalue weighted by atomic mass is 16.6. The normalized spacial score (nSPS) is 24.0. The second-order valence-electron chi connectivity index (χ2n) is 6.50. The van der Waals surface area contributed by atoms with Crippen LogP contribution in [0.3, 0.4) is 0 Å². The van der Waals surface area contributed by atoms with E-state index in [2.05, 4.69) is 0 Å². The quantitative estimate of drug-likeness (QED) is 0.809. The van der Waals surface area contributed by atoms with E-state index in [-0.39, 0.29) is 18.9 Å². The van der Waals surface area contributed by atoms with Crippen LogP contribution in [0.2, 0.25) is 0 Å². The molecular formula is C14H23NO6. The third-order valence-electron chi connectivity index (χ3n) is 3.28. The molecule has 0 aromatic rings. The second-order valence-corrected chi connectivity index (χ2v) is 6.50. The van der Waals surface area contributed by atoms with E-state index >= 15 is 0 Å². The Labute approximate surface area is 123 Å². The molecule has 1 rings (SSSR count). The van der Waals surface area contributed by atoms with Crippen molar-refractivity contribution in [2.24, 2.45) is 11.8 Å². The average molecular weight is 301 g/mol. The van der Waals surface area contributed by atoms with Gasteiger partial charge in [-0.1, -0.05) is 6.92 Å². The van der Waals surface area contributed by atoms with Crippen LogP contribution in [0.15, 0.2) is 0 Å². The summed E-state index contributed by atoms with van der Waals surface area (Å²) in [6.45, 7) is 6.61. The van der Waals surface area contributed by atoms with E-state index in [0.29, 0.717) is 11.3 Å². The Hall–Kier alpha value is -1.63. The van der Waals surface area contributed by atoms with Crippen molar-refractivity contribution in [3.8, 4) is 0 Å². The summed E-state index contributed by atoms with van der Waals surface area (Å²) in [7, 11) is 0. The number of carboxylic acids is 1. The number of hydrogen-bond acceptors (Lipinski definition) is 5. The molecule has 21 heavy (non-hydrogen) atoms. The zero-order valence-electron chi connectivity index (χ0n) is 12.8. The Balaban J connectivity index is 2.91. The van der Waals surface area contributed by atoms with Crippen LogP contribution in [-0.4, -0.2) is 51.3 Å². The number of aliphatic carboxylic acids is 1. The van der Waals surface area contributed by atoms with Crippen LogP contribution in [0, 0.1) is 11.8 Å². The SMILES string of the molecule is CC(CO)CC1CC(C(=O)O)N(C(=O)OC(C)(C)C)C1=O. The Morgan fingerprint density at radius 1 is 1.43 bits per heavy atom. The molecule has 0 saturated carbocycles. The van der Waals surface area contributed by atoms with Gasteiger partial charge in [-0.3, -0.25) is 4.79 Å². The fourth-order valence-corrected chi connectivity index (χ4v) is 2.32. The number of carboxylic acid groups (broad SMARTS) is 1. The maximum Gasteiger partial charge on any atom is 0.417 e. The minimum absolute atomic E-state index is 0.0533. The molecule has 7 heteroatoms. The first-order chi connectivity index (χ1) is 9.56. The van der Waals surface area contributed by atoms with Crippen molar-refractivity contribution >= 4 is 18.0 Å². The Bertz CT molecular complexity index is 428. The summed E-state index contributed by atoms with van der Waals surface area (Å²) >= 11 is 0. The fraction of sp³-hybridized carbons (Fsp3) is 0.786. The van der Waals surface area contributed by atoms with E-state index in [0.717, 1.165) is 0 Å². The molecule has 1 aliphatic rings. The number of carbonyl (C=O) groups excluding carboxylic acids is 2. The number of aliphatic hydroxyl groups excluding tert-OH is 1. The van der Waals surface area contributed by atoms with Crippen LogP contribution in [0.1, 0.15) is 40.5 Å². The highest BCUT2D eigenvalue weighted by Crippen LogP contribution is 2.31. The topological polar surface area (TPSA) is 104 Å². The van der Waals surface area contributed by atoms with Crippen molar-refractivity contribution in [2.75, 3.05) is 6.61 Å². The van der Waals surface area contributed by atoms with Gasteiger partial charge in [0.1, 0.15) is 11.6 Å². The van der Waals surface area contributed by atoms with E-state index in [9.17, 15) is 19.5 Å². The molecule has 3 unspecified atom stereocenters. The van der Waals surface area contributed by atoms with Gasteiger partial charge in [0.25, 0.3) is 0 Å². The van der Waals surface area contributed by atoms with E-state index < -0.39 is 35.5 Å². The number of ether oxygens (including phenoxy) is 1. The van der Waals surface area contributed by atoms with Gasteiger partial charge in [-0.25, -0.2) is 14.5 Å². The van der Waals surface area contributed by atoms with Gasteiger partial charge in [0.05, 0.1) is 0 Å². The molecule has 2 N–H and O–H groups in total. The third-order valence-corrected chi connectivity index (χ3v) is 3.28. The van der Waals surface area contributed by atoms with Crippen molar-refractivity contribution in [3.05, 3.63) is 0 Å². The summed E-state index contributed by atoms with van der Waals surface area (Å²) in [6.07, 6.45) is -0.532. The molecule has 0 aromatic heterocycles. The van der Waals surface area contributed by atoms with Crippen LogP contribution in [-0.2, 0) is 14.3 Å². The molecule has 0 aliphatic carbocycles. The zero-order chi connectivity index (χ0) is 16.4. The molecule has 7 nitrogen and oxygen atoms in total. The van der Waals surface area contributed by atoms with Gasteiger partial charge in [0.15, 0.2) is 0 Å². The lowest BCUT2D eigenvalue weighted by Crippen LogP contribution is -2.45. The number of nitrogens with zero attached hydrogens (tertiary/aromatic N) is 1. The molecule has 120 valence electrons. The molecular weight excluding hydrogens is 278 g/mol. The van der Waals surface area contributed by atoms with Crippen molar-refractivity contribution in [1.29, 1.82) is 0 Å². The van der Waals surface area contributed by atoms with Crippen molar-refractivity contribution in [1.82, 2.24) is 4.90 Å². The molecule has 1 aliphatic heterocycles. The lowest BCUT2D eigenvalue weighted by atomic mass is 9.93. The van der Waals surface area contributed by atoms with Gasteiger partial charge in [-0.15, -0.1) is 0 Å². The molecule has 1 heterocycles. The zero-order valence-corrected chi connectivity index (χ0v) is 12.8. The summed E-state index contributed by atoms with van der Waals surface area (Å²) in [5.74, 6) is -2.49. The standard InChI is InChI=1S/C14H23NO6/c1-8(7-16)5-9-6-10(12(18)19)15(11(9)17)13(20)21-14(2,3)4/h8-10,16H,5-7H2,1-4H3,(H,18,19). The summed E-state index contributed by atoms with van der Waals surface area (Å²) in [5, 5.41) is 18.3. The molecule has 0 aromatic carbocycles. The van der Waals surface area contributed by atoms with Gasteiger partial charge in [0.2, 0.25) is 5.91 Å². The Morgan fingerprint density at radius 2 is 2.00 bits per heavy atom.